The lowest BCUT2D eigenvalue weighted by Gasteiger charge is -2.18. The minimum absolute atomic E-state index is 0.458. The van der Waals surface area contributed by atoms with Gasteiger partial charge in [0.15, 0.2) is 0 Å². The second-order valence-corrected chi connectivity index (χ2v) is 9.58. The summed E-state index contributed by atoms with van der Waals surface area (Å²) in [5, 5.41) is -5.76. The van der Waals surface area contributed by atoms with Gasteiger partial charge in [-0.1, -0.05) is 151 Å². The maximum atomic E-state index is 9.66. The Labute approximate surface area is 294 Å². The van der Waals surface area contributed by atoms with Crippen molar-refractivity contribution in [2.45, 2.75) is 0 Å². The van der Waals surface area contributed by atoms with Crippen LogP contribution in [0.1, 0.15) is 37.0 Å². The molecule has 0 nitrogen and oxygen atoms in total. The van der Waals surface area contributed by atoms with Crippen molar-refractivity contribution in [1.82, 2.24) is 0 Å². The summed E-state index contributed by atoms with van der Waals surface area (Å²) >= 11 is 0. The minimum atomic E-state index is -0.997. The molecule has 0 aromatic heterocycles. The van der Waals surface area contributed by atoms with Crippen molar-refractivity contribution in [1.29, 1.82) is 0 Å². The first-order valence-electron chi connectivity index (χ1n) is 26.6. The number of hydrogen-bond donors (Lipinski definition) is 0. The van der Waals surface area contributed by atoms with Crippen molar-refractivity contribution >= 4 is 53.9 Å². The van der Waals surface area contributed by atoms with Crippen LogP contribution in [0.3, 0.4) is 0 Å². The van der Waals surface area contributed by atoms with Crippen molar-refractivity contribution in [2.24, 2.45) is 0 Å². The Morgan fingerprint density at radius 1 is 0.273 bits per heavy atom. The van der Waals surface area contributed by atoms with Crippen molar-refractivity contribution in [3.63, 3.8) is 0 Å². The summed E-state index contributed by atoms with van der Waals surface area (Å²) < 4.78 is 241. The second-order valence-electron chi connectivity index (χ2n) is 9.58. The zero-order chi connectivity index (χ0) is 52.5. The van der Waals surface area contributed by atoms with Gasteiger partial charge in [-0.25, -0.2) is 0 Å². The lowest BCUT2D eigenvalue weighted by molar-refractivity contribution is 1.64. The normalized spacial score (nSPS) is 20.2. The van der Waals surface area contributed by atoms with Gasteiger partial charge in [-0.05, 0) is 105 Å². The number of fused-ring (bicyclic) bond motifs is 6. The molecule has 0 fully saturated rings. The molecule has 0 saturated carbocycles. The summed E-state index contributed by atoms with van der Waals surface area (Å²) in [5.74, 6) is 0. The third-order valence-electron chi connectivity index (χ3n) is 7.14. The fraction of sp³-hybridized carbons (Fsp3) is 0. The highest BCUT2D eigenvalue weighted by molar-refractivity contribution is 6.22. The van der Waals surface area contributed by atoms with Crippen LogP contribution in [0.25, 0.3) is 87.2 Å². The first-order chi connectivity index (χ1) is 33.1. The lowest BCUT2D eigenvalue weighted by Crippen LogP contribution is -1.91. The summed E-state index contributed by atoms with van der Waals surface area (Å²) in [6.07, 6.45) is 0. The number of benzene rings is 9. The molecule has 0 heterocycles. The predicted molar refractivity (Wildman–Crippen MR) is 190 cm³/mol. The topological polar surface area (TPSA) is 0 Å². The van der Waals surface area contributed by atoms with E-state index >= 15 is 0 Å². The Morgan fingerprint density at radius 3 is 1.52 bits per heavy atom. The molecule has 0 heteroatoms. The molecule has 44 heavy (non-hydrogen) atoms. The van der Waals surface area contributed by atoms with E-state index in [4.69, 9.17) is 21.9 Å². The highest BCUT2D eigenvalue weighted by Crippen LogP contribution is 2.45. The Balaban J connectivity index is 1.55. The molecule has 0 aliphatic rings. The highest BCUT2D eigenvalue weighted by atomic mass is 14.2. The van der Waals surface area contributed by atoms with Crippen LogP contribution in [0.15, 0.2) is 169 Å². The first kappa shape index (κ1) is 9.91. The maximum Gasteiger partial charge on any atom is 0.0636 e. The Morgan fingerprint density at radius 2 is 0.750 bits per heavy atom. The van der Waals surface area contributed by atoms with Crippen LogP contribution in [0.5, 0.6) is 0 Å². The fourth-order valence-electron chi connectivity index (χ4n) is 5.23. The van der Waals surface area contributed by atoms with Crippen molar-refractivity contribution in [3.05, 3.63) is 169 Å². The van der Waals surface area contributed by atoms with Gasteiger partial charge in [0.1, 0.15) is 0 Å². The molecule has 0 saturated heterocycles. The van der Waals surface area contributed by atoms with Gasteiger partial charge in [-0.3, -0.25) is 0 Å². The smallest absolute Gasteiger partial charge is 0.0622 e. The van der Waals surface area contributed by atoms with Crippen LogP contribution in [0, 0.1) is 0 Å². The van der Waals surface area contributed by atoms with Crippen LogP contribution in [0.4, 0.5) is 0 Å². The molecule has 0 spiro atoms. The average molecular weight is 584 g/mol. The number of rotatable bonds is 3. The summed E-state index contributed by atoms with van der Waals surface area (Å²) in [7, 11) is 0. The zero-order valence-corrected chi connectivity index (χ0v) is 22.1. The van der Waals surface area contributed by atoms with Crippen molar-refractivity contribution in [2.75, 3.05) is 0 Å². The monoisotopic (exact) mass is 583 g/mol. The quantitative estimate of drug-likeness (QED) is 0.143. The Bertz CT molecular complexity index is 4040. The molecule has 204 valence electrons. The lowest BCUT2D eigenvalue weighted by atomic mass is 9.85. The molecular formula is C44H28. The third-order valence-corrected chi connectivity index (χ3v) is 7.14. The molecule has 9 rings (SSSR count). The standard InChI is InChI=1S/C44H28/c1-2-10-29(11-3-1)31-19-20-33-27-35(23-21-32(33)26-31)43-39-14-6-8-16-41(39)44(42-17-9-7-15-40(42)43)36-24-25-38-34(28-36)22-18-30-12-4-5-13-37(30)38/h1-28H/i1D,2D,3D,4D,5D,6D,7D,8D,9D,10D,11D,12D,13D,14D,15D,16D,18D,19D,20D,21D,22D,23D,24D,25D,26D,27D,28D. The van der Waals surface area contributed by atoms with E-state index in [-0.39, 0.29) is 0 Å². The predicted octanol–water partition coefficient (Wildman–Crippen LogP) is 12.5. The largest absolute Gasteiger partial charge is 0.0636 e. The molecule has 0 unspecified atom stereocenters. The Hall–Kier alpha value is -5.72. The molecule has 0 bridgehead atoms. The summed E-state index contributed by atoms with van der Waals surface area (Å²) in [6.45, 7) is 0. The van der Waals surface area contributed by atoms with E-state index in [2.05, 4.69) is 0 Å². The summed E-state index contributed by atoms with van der Waals surface area (Å²) in [6, 6.07) is -22.5. The van der Waals surface area contributed by atoms with E-state index in [1.807, 2.05) is 0 Å². The van der Waals surface area contributed by atoms with Crippen molar-refractivity contribution in [3.8, 4) is 33.4 Å². The van der Waals surface area contributed by atoms with Gasteiger partial charge >= 0.3 is 0 Å². The molecule has 0 atom stereocenters. The number of hydrogen-bond acceptors (Lipinski definition) is 0. The van der Waals surface area contributed by atoms with E-state index in [0.29, 0.717) is 0 Å². The second kappa shape index (κ2) is 9.93. The molecule has 0 aliphatic carbocycles. The van der Waals surface area contributed by atoms with E-state index in [1.165, 1.54) is 0 Å². The van der Waals surface area contributed by atoms with E-state index in [9.17, 15) is 15.1 Å². The SMILES string of the molecule is [2H]c1cc2c(-c3c([2H])c([2H])c4c(c3[2H])c([2H])c([2H])c3c([2H])c([2H])c([2H])c([2H])c34)c3c([2H])c([2H])c([2H])c([2H])c3c(-c3c([2H])c([2H])c4c([2H])c(-c5c([2H])c([2H])c([2H])c([2H])c5[2H])c([2H])c([2H])c4c3[2H])c2c([2H])c1[2H]. The molecule has 0 radical (unpaired) electrons. The summed E-state index contributed by atoms with van der Waals surface area (Å²) in [5.41, 5.74) is -4.03. The van der Waals surface area contributed by atoms with Gasteiger partial charge in [-0.2, -0.15) is 0 Å². The van der Waals surface area contributed by atoms with Crippen LogP contribution in [0.2, 0.25) is 0 Å². The average Bonchev–Trinajstić information content (AvgIpc) is 3.33. The van der Waals surface area contributed by atoms with Gasteiger partial charge in [0.25, 0.3) is 0 Å². The fourth-order valence-corrected chi connectivity index (χ4v) is 5.23. The maximum absolute atomic E-state index is 9.66. The first-order valence-corrected chi connectivity index (χ1v) is 13.1. The van der Waals surface area contributed by atoms with Gasteiger partial charge in [0.2, 0.25) is 0 Å². The molecule has 9 aromatic carbocycles. The molecule has 0 N–H and O–H groups in total. The Kier molecular flexibility index (Phi) is 2.24. The summed E-state index contributed by atoms with van der Waals surface area (Å²) in [4.78, 5) is 0. The van der Waals surface area contributed by atoms with Gasteiger partial charge in [0, 0.05) is 0 Å². The van der Waals surface area contributed by atoms with Gasteiger partial charge < -0.3 is 0 Å². The van der Waals surface area contributed by atoms with Gasteiger partial charge in [-0.15, -0.1) is 0 Å². The molecule has 0 aliphatic heterocycles. The zero-order valence-electron chi connectivity index (χ0n) is 49.1. The van der Waals surface area contributed by atoms with Gasteiger partial charge in [0.05, 0.1) is 37.0 Å². The van der Waals surface area contributed by atoms with Crippen molar-refractivity contribution < 1.29 is 37.0 Å². The molecular weight excluding hydrogens is 528 g/mol. The molecule has 0 amide bonds. The highest BCUT2D eigenvalue weighted by Gasteiger charge is 2.17. The van der Waals surface area contributed by atoms with Crippen LogP contribution in [-0.4, -0.2) is 0 Å². The van der Waals surface area contributed by atoms with Crippen LogP contribution < -0.4 is 0 Å². The van der Waals surface area contributed by atoms with E-state index < -0.39 is 250 Å². The van der Waals surface area contributed by atoms with E-state index in [1.54, 1.807) is 0 Å². The van der Waals surface area contributed by atoms with Crippen LogP contribution >= 0.6 is 0 Å². The van der Waals surface area contributed by atoms with Crippen LogP contribution in [-0.2, 0) is 0 Å². The third kappa shape index (κ3) is 3.92. The molecule has 9 aromatic rings. The minimum Gasteiger partial charge on any atom is -0.0622 e. The van der Waals surface area contributed by atoms with E-state index in [0.717, 1.165) is 6.07 Å².